The molecule has 1 aliphatic heterocycles. The van der Waals surface area contributed by atoms with E-state index in [4.69, 9.17) is 11.6 Å². The van der Waals surface area contributed by atoms with Crippen molar-refractivity contribution in [2.24, 2.45) is 0 Å². The summed E-state index contributed by atoms with van der Waals surface area (Å²) in [6.45, 7) is 7.49. The Morgan fingerprint density at radius 3 is 2.44 bits per heavy atom. The molecule has 1 N–H and O–H groups in total. The van der Waals surface area contributed by atoms with Gasteiger partial charge < -0.3 is 15.1 Å². The Balaban J connectivity index is 1.60. The Labute approximate surface area is 153 Å². The highest BCUT2D eigenvalue weighted by Crippen LogP contribution is 2.22. The molecule has 0 bridgehead atoms. The first-order chi connectivity index (χ1) is 12.0. The van der Waals surface area contributed by atoms with Crippen LogP contribution in [0.25, 0.3) is 0 Å². The molecule has 1 fully saturated rings. The minimum absolute atomic E-state index is 0.0835. The van der Waals surface area contributed by atoms with Gasteiger partial charge in [-0.15, -0.1) is 0 Å². The second kappa shape index (κ2) is 7.74. The fourth-order valence-corrected chi connectivity index (χ4v) is 3.10. The van der Waals surface area contributed by atoms with E-state index in [2.05, 4.69) is 26.2 Å². The van der Waals surface area contributed by atoms with Gasteiger partial charge in [-0.1, -0.05) is 17.7 Å². The molecule has 6 heteroatoms. The van der Waals surface area contributed by atoms with Gasteiger partial charge in [-0.05, 0) is 44.2 Å². The summed E-state index contributed by atoms with van der Waals surface area (Å²) in [4.78, 5) is 21.0. The third kappa shape index (κ3) is 4.42. The topological polar surface area (TPSA) is 48.5 Å². The van der Waals surface area contributed by atoms with Crippen molar-refractivity contribution in [2.45, 2.75) is 19.9 Å². The first kappa shape index (κ1) is 17.5. The summed E-state index contributed by atoms with van der Waals surface area (Å²) in [5, 5.41) is 3.64. The molecule has 3 rings (SSSR count). The van der Waals surface area contributed by atoms with Gasteiger partial charge in [-0.2, -0.15) is 0 Å². The first-order valence-electron chi connectivity index (χ1n) is 8.55. The molecule has 1 aliphatic rings. The van der Waals surface area contributed by atoms with E-state index in [-0.39, 0.29) is 11.9 Å². The average Bonchev–Trinajstić information content (AvgIpc) is 2.61. The van der Waals surface area contributed by atoms with Gasteiger partial charge in [0.25, 0.3) is 5.91 Å². The van der Waals surface area contributed by atoms with Crippen molar-refractivity contribution in [1.82, 2.24) is 10.3 Å². The third-order valence-corrected chi connectivity index (χ3v) is 4.44. The molecule has 0 radical (unpaired) electrons. The summed E-state index contributed by atoms with van der Waals surface area (Å²) in [6.07, 6.45) is 1.65. The third-order valence-electron chi connectivity index (χ3n) is 4.21. The minimum Gasteiger partial charge on any atom is -0.368 e. The molecule has 132 valence electrons. The Morgan fingerprint density at radius 1 is 1.12 bits per heavy atom. The predicted octanol–water partition coefficient (Wildman–Crippen LogP) is 3.20. The zero-order chi connectivity index (χ0) is 17.8. The molecule has 5 nitrogen and oxygen atoms in total. The molecule has 1 aromatic carbocycles. The number of nitrogens with one attached hydrogen (secondary N) is 1. The van der Waals surface area contributed by atoms with Gasteiger partial charge >= 0.3 is 0 Å². The number of hydrogen-bond acceptors (Lipinski definition) is 4. The van der Waals surface area contributed by atoms with Crippen LogP contribution in [0.3, 0.4) is 0 Å². The van der Waals surface area contributed by atoms with Crippen LogP contribution in [0, 0.1) is 0 Å². The number of halogens is 1. The van der Waals surface area contributed by atoms with Crippen LogP contribution >= 0.6 is 11.6 Å². The summed E-state index contributed by atoms with van der Waals surface area (Å²) in [5.41, 5.74) is 1.75. The predicted molar refractivity (Wildman–Crippen MR) is 103 cm³/mol. The molecule has 1 amide bonds. The van der Waals surface area contributed by atoms with Crippen molar-refractivity contribution in [2.75, 3.05) is 36.0 Å². The van der Waals surface area contributed by atoms with Gasteiger partial charge in [0.2, 0.25) is 0 Å². The lowest BCUT2D eigenvalue weighted by Crippen LogP contribution is -2.46. The van der Waals surface area contributed by atoms with E-state index in [1.165, 1.54) is 0 Å². The molecule has 0 atom stereocenters. The Bertz CT molecular complexity index is 724. The van der Waals surface area contributed by atoms with Crippen LogP contribution in [-0.2, 0) is 0 Å². The van der Waals surface area contributed by atoms with Crippen LogP contribution in [0.5, 0.6) is 0 Å². The second-order valence-electron chi connectivity index (χ2n) is 6.49. The van der Waals surface area contributed by atoms with Crippen LogP contribution in [0.2, 0.25) is 5.02 Å². The van der Waals surface area contributed by atoms with Gasteiger partial charge in [0.05, 0.1) is 5.56 Å². The Hall–Kier alpha value is -2.27. The van der Waals surface area contributed by atoms with E-state index in [0.29, 0.717) is 5.56 Å². The molecule has 2 aromatic rings. The fourth-order valence-electron chi connectivity index (χ4n) is 2.92. The number of aromatic nitrogens is 1. The van der Waals surface area contributed by atoms with Crippen LogP contribution in [0.15, 0.2) is 42.6 Å². The molecular formula is C19H23ClN4O. The highest BCUT2D eigenvalue weighted by molar-refractivity contribution is 6.30. The van der Waals surface area contributed by atoms with Gasteiger partial charge in [-0.25, -0.2) is 4.98 Å². The van der Waals surface area contributed by atoms with Crippen molar-refractivity contribution in [3.8, 4) is 0 Å². The molecular weight excluding hydrogens is 336 g/mol. The van der Waals surface area contributed by atoms with Crippen LogP contribution < -0.4 is 15.1 Å². The van der Waals surface area contributed by atoms with E-state index in [1.807, 2.05) is 44.2 Å². The maximum atomic E-state index is 12.0. The molecule has 1 aromatic heterocycles. The molecule has 25 heavy (non-hydrogen) atoms. The van der Waals surface area contributed by atoms with Gasteiger partial charge in [0.1, 0.15) is 5.82 Å². The summed E-state index contributed by atoms with van der Waals surface area (Å²) in [6, 6.07) is 11.8. The van der Waals surface area contributed by atoms with E-state index in [0.717, 1.165) is 42.7 Å². The number of anilines is 2. The quantitative estimate of drug-likeness (QED) is 0.911. The fraction of sp³-hybridized carbons (Fsp3) is 0.368. The van der Waals surface area contributed by atoms with Gasteiger partial charge in [0, 0.05) is 49.1 Å². The molecule has 0 aliphatic carbocycles. The number of pyridine rings is 1. The first-order valence-corrected chi connectivity index (χ1v) is 8.93. The number of rotatable bonds is 4. The van der Waals surface area contributed by atoms with Crippen molar-refractivity contribution in [3.63, 3.8) is 0 Å². The Kier molecular flexibility index (Phi) is 5.43. The lowest BCUT2D eigenvalue weighted by atomic mass is 10.2. The van der Waals surface area contributed by atoms with Crippen molar-refractivity contribution < 1.29 is 4.79 Å². The number of hydrogen-bond donors (Lipinski definition) is 1. The Morgan fingerprint density at radius 2 is 1.84 bits per heavy atom. The number of amides is 1. The summed E-state index contributed by atoms with van der Waals surface area (Å²) in [7, 11) is 0. The lowest BCUT2D eigenvalue weighted by Gasteiger charge is -2.36. The smallest absolute Gasteiger partial charge is 0.253 e. The maximum Gasteiger partial charge on any atom is 0.253 e. The number of piperazine rings is 1. The monoisotopic (exact) mass is 358 g/mol. The largest absolute Gasteiger partial charge is 0.368 e. The zero-order valence-corrected chi connectivity index (χ0v) is 15.3. The number of carbonyl (C=O) groups excluding carboxylic acids is 1. The SMILES string of the molecule is CC(C)NC(=O)c1ccc(N2CCN(c3cccc(Cl)c3)CC2)nc1. The van der Waals surface area contributed by atoms with Crippen molar-refractivity contribution in [1.29, 1.82) is 0 Å². The lowest BCUT2D eigenvalue weighted by molar-refractivity contribution is 0.0943. The number of benzene rings is 1. The van der Waals surface area contributed by atoms with Gasteiger partial charge in [0.15, 0.2) is 0 Å². The molecule has 1 saturated heterocycles. The molecule has 2 heterocycles. The van der Waals surface area contributed by atoms with E-state index in [1.54, 1.807) is 6.20 Å². The van der Waals surface area contributed by atoms with Crippen LogP contribution in [0.1, 0.15) is 24.2 Å². The second-order valence-corrected chi connectivity index (χ2v) is 6.92. The van der Waals surface area contributed by atoms with Crippen LogP contribution in [-0.4, -0.2) is 43.1 Å². The van der Waals surface area contributed by atoms with E-state index < -0.39 is 0 Å². The summed E-state index contributed by atoms with van der Waals surface area (Å²) < 4.78 is 0. The van der Waals surface area contributed by atoms with Gasteiger partial charge in [-0.3, -0.25) is 4.79 Å². The number of carbonyl (C=O) groups is 1. The molecule has 0 saturated carbocycles. The zero-order valence-electron chi connectivity index (χ0n) is 14.6. The van der Waals surface area contributed by atoms with Crippen molar-refractivity contribution >= 4 is 29.0 Å². The molecule has 0 spiro atoms. The highest BCUT2D eigenvalue weighted by atomic mass is 35.5. The average molecular weight is 359 g/mol. The molecule has 0 unspecified atom stereocenters. The van der Waals surface area contributed by atoms with Crippen molar-refractivity contribution in [3.05, 3.63) is 53.2 Å². The maximum absolute atomic E-state index is 12.0. The summed E-state index contributed by atoms with van der Waals surface area (Å²) >= 11 is 6.08. The van der Waals surface area contributed by atoms with Crippen LogP contribution in [0.4, 0.5) is 11.5 Å². The normalized spacial score (nSPS) is 14.7. The van der Waals surface area contributed by atoms with E-state index in [9.17, 15) is 4.79 Å². The number of nitrogens with zero attached hydrogens (tertiary/aromatic N) is 3. The van der Waals surface area contributed by atoms with E-state index >= 15 is 0 Å². The minimum atomic E-state index is -0.0835. The highest BCUT2D eigenvalue weighted by Gasteiger charge is 2.19. The standard InChI is InChI=1S/C19H23ClN4O/c1-14(2)22-19(25)15-6-7-18(21-13-15)24-10-8-23(9-11-24)17-5-3-4-16(20)12-17/h3-7,12-14H,8-11H2,1-2H3,(H,22,25). The summed E-state index contributed by atoms with van der Waals surface area (Å²) in [5.74, 6) is 0.826.